The van der Waals surface area contributed by atoms with Crippen molar-refractivity contribution >= 4 is 17.2 Å². The zero-order chi connectivity index (χ0) is 18.6. The number of aryl methyl sites for hydroxylation is 1. The lowest BCUT2D eigenvalue weighted by Crippen LogP contribution is -2.24. The lowest BCUT2D eigenvalue weighted by Gasteiger charge is -2.06. The second-order valence-electron chi connectivity index (χ2n) is 6.85. The summed E-state index contributed by atoms with van der Waals surface area (Å²) in [5.41, 5.74) is 7.07. The topological polar surface area (TPSA) is 54.0 Å². The first-order chi connectivity index (χ1) is 13.2. The summed E-state index contributed by atoms with van der Waals surface area (Å²) in [6.45, 7) is 4.56. The summed E-state index contributed by atoms with van der Waals surface area (Å²) < 4.78 is 0. The minimum absolute atomic E-state index is 0.00630. The van der Waals surface area contributed by atoms with E-state index < -0.39 is 0 Å². The number of nitrogens with one attached hydrogen (secondary N) is 2. The van der Waals surface area contributed by atoms with Crippen LogP contribution in [0.2, 0.25) is 0 Å². The first kappa shape index (κ1) is 17.9. The molecule has 0 atom stereocenters. The number of carbonyl (C=O) groups is 1. The predicted molar refractivity (Wildman–Crippen MR) is 109 cm³/mol. The smallest absolute Gasteiger partial charge is 0.226 e. The molecule has 4 nitrogen and oxygen atoms in total. The van der Waals surface area contributed by atoms with Crippen molar-refractivity contribution in [1.82, 2.24) is 15.6 Å². The lowest BCUT2D eigenvalue weighted by molar-refractivity contribution is -0.120. The number of rotatable bonds is 6. The first-order valence-electron chi connectivity index (χ1n) is 9.33. The van der Waals surface area contributed by atoms with Gasteiger partial charge < -0.3 is 10.6 Å². The van der Waals surface area contributed by atoms with Crippen LogP contribution in [0.5, 0.6) is 0 Å². The van der Waals surface area contributed by atoms with Gasteiger partial charge in [-0.15, -0.1) is 11.3 Å². The van der Waals surface area contributed by atoms with E-state index in [2.05, 4.69) is 65.0 Å². The van der Waals surface area contributed by atoms with Crippen LogP contribution in [0.15, 0.2) is 47.8 Å². The minimum atomic E-state index is 0.00630. The van der Waals surface area contributed by atoms with Gasteiger partial charge >= 0.3 is 0 Å². The van der Waals surface area contributed by atoms with Gasteiger partial charge in [0.1, 0.15) is 5.01 Å². The van der Waals surface area contributed by atoms with Crippen molar-refractivity contribution in [3.8, 4) is 10.6 Å². The van der Waals surface area contributed by atoms with E-state index in [1.807, 2.05) is 5.38 Å². The summed E-state index contributed by atoms with van der Waals surface area (Å²) in [6.07, 6.45) is 1.35. The van der Waals surface area contributed by atoms with Gasteiger partial charge in [0.05, 0.1) is 12.1 Å². The molecule has 0 saturated carbocycles. The molecule has 2 aromatic carbocycles. The Labute approximate surface area is 163 Å². The average Bonchev–Trinajstić information content (AvgIpc) is 3.35. The van der Waals surface area contributed by atoms with Gasteiger partial charge in [-0.1, -0.05) is 49.4 Å². The predicted octanol–water partition coefficient (Wildman–Crippen LogP) is 3.83. The van der Waals surface area contributed by atoms with E-state index in [0.717, 1.165) is 41.3 Å². The molecule has 0 bridgehead atoms. The number of hydrogen-bond donors (Lipinski definition) is 2. The van der Waals surface area contributed by atoms with E-state index in [1.165, 1.54) is 16.7 Å². The molecule has 138 valence electrons. The van der Waals surface area contributed by atoms with Gasteiger partial charge in [-0.2, -0.15) is 0 Å². The summed E-state index contributed by atoms with van der Waals surface area (Å²) in [7, 11) is 0. The maximum atomic E-state index is 12.3. The third kappa shape index (κ3) is 4.26. The molecular weight excluding hydrogens is 354 g/mol. The average molecular weight is 378 g/mol. The van der Waals surface area contributed by atoms with Crippen LogP contribution in [-0.4, -0.2) is 10.9 Å². The molecule has 1 aliphatic rings. The van der Waals surface area contributed by atoms with E-state index in [4.69, 9.17) is 0 Å². The molecule has 0 fully saturated rings. The Morgan fingerprint density at radius 3 is 2.70 bits per heavy atom. The molecule has 3 aromatic rings. The van der Waals surface area contributed by atoms with E-state index in [0.29, 0.717) is 13.0 Å². The van der Waals surface area contributed by atoms with Crippen molar-refractivity contribution in [2.75, 3.05) is 0 Å². The van der Waals surface area contributed by atoms with Gasteiger partial charge in [-0.3, -0.25) is 4.79 Å². The Morgan fingerprint density at radius 2 is 1.89 bits per heavy atom. The van der Waals surface area contributed by atoms with Crippen molar-refractivity contribution in [1.29, 1.82) is 0 Å². The van der Waals surface area contributed by atoms with Crippen LogP contribution >= 0.6 is 11.3 Å². The maximum absolute atomic E-state index is 12.3. The third-order valence-electron chi connectivity index (χ3n) is 4.89. The molecule has 0 aliphatic carbocycles. The lowest BCUT2D eigenvalue weighted by atomic mass is 10.1. The van der Waals surface area contributed by atoms with Gasteiger partial charge in [0, 0.05) is 30.6 Å². The molecule has 0 radical (unpaired) electrons. The molecule has 5 heteroatoms. The second kappa shape index (κ2) is 8.03. The van der Waals surface area contributed by atoms with E-state index in [1.54, 1.807) is 11.3 Å². The standard InChI is InChI=1S/C22H23N3OS/c1-2-15-3-6-17(7-4-15)22-25-20(14-27-22)10-21(26)24-11-16-5-8-18-12-23-13-19(18)9-16/h3-9,14,23H,2,10-13H2,1H3,(H,24,26). The number of amides is 1. The number of carbonyl (C=O) groups excluding carboxylic acids is 1. The molecule has 2 heterocycles. The molecule has 27 heavy (non-hydrogen) atoms. The summed E-state index contributed by atoms with van der Waals surface area (Å²) in [5, 5.41) is 9.29. The van der Waals surface area contributed by atoms with Crippen LogP contribution in [0.3, 0.4) is 0 Å². The second-order valence-corrected chi connectivity index (χ2v) is 7.71. The number of nitrogens with zero attached hydrogens (tertiary/aromatic N) is 1. The van der Waals surface area contributed by atoms with Gasteiger partial charge in [-0.25, -0.2) is 4.98 Å². The highest BCUT2D eigenvalue weighted by Crippen LogP contribution is 2.24. The Kier molecular flexibility index (Phi) is 5.32. The van der Waals surface area contributed by atoms with Crippen molar-refractivity contribution in [3.05, 3.63) is 75.8 Å². The largest absolute Gasteiger partial charge is 0.352 e. The number of thiazole rings is 1. The Morgan fingerprint density at radius 1 is 1.11 bits per heavy atom. The van der Waals surface area contributed by atoms with Crippen molar-refractivity contribution in [2.45, 2.75) is 39.4 Å². The van der Waals surface area contributed by atoms with Gasteiger partial charge in [0.25, 0.3) is 0 Å². The molecule has 0 saturated heterocycles. The highest BCUT2D eigenvalue weighted by molar-refractivity contribution is 7.13. The highest BCUT2D eigenvalue weighted by Gasteiger charge is 2.12. The monoisotopic (exact) mass is 377 g/mol. The summed E-state index contributed by atoms with van der Waals surface area (Å²) in [4.78, 5) is 16.9. The molecule has 1 aliphatic heterocycles. The highest BCUT2D eigenvalue weighted by atomic mass is 32.1. The van der Waals surface area contributed by atoms with E-state index >= 15 is 0 Å². The minimum Gasteiger partial charge on any atom is -0.352 e. The first-order valence-corrected chi connectivity index (χ1v) is 10.2. The number of benzene rings is 2. The number of aromatic nitrogens is 1. The Hall–Kier alpha value is -2.50. The number of fused-ring (bicyclic) bond motifs is 1. The maximum Gasteiger partial charge on any atom is 0.226 e. The fraction of sp³-hybridized carbons (Fsp3) is 0.273. The fourth-order valence-electron chi connectivity index (χ4n) is 3.29. The zero-order valence-corrected chi connectivity index (χ0v) is 16.2. The fourth-order valence-corrected chi connectivity index (χ4v) is 4.12. The van der Waals surface area contributed by atoms with Gasteiger partial charge in [0.15, 0.2) is 0 Å². The summed E-state index contributed by atoms with van der Waals surface area (Å²) >= 11 is 1.59. The number of hydrogen-bond acceptors (Lipinski definition) is 4. The van der Waals surface area contributed by atoms with Crippen LogP contribution in [0.25, 0.3) is 10.6 Å². The van der Waals surface area contributed by atoms with E-state index in [-0.39, 0.29) is 5.91 Å². The van der Waals surface area contributed by atoms with Crippen LogP contribution in [0, 0.1) is 0 Å². The molecule has 1 amide bonds. The SMILES string of the molecule is CCc1ccc(-c2nc(CC(=O)NCc3ccc4c(c3)CNC4)cs2)cc1. The molecule has 2 N–H and O–H groups in total. The quantitative estimate of drug-likeness (QED) is 0.686. The molecular formula is C22H23N3OS. The summed E-state index contributed by atoms with van der Waals surface area (Å²) in [5.74, 6) is 0.00630. The van der Waals surface area contributed by atoms with Gasteiger partial charge in [0.2, 0.25) is 5.91 Å². The molecule has 0 unspecified atom stereocenters. The van der Waals surface area contributed by atoms with Crippen LogP contribution in [0.4, 0.5) is 0 Å². The van der Waals surface area contributed by atoms with Crippen LogP contribution in [-0.2, 0) is 37.3 Å². The molecule has 0 spiro atoms. The zero-order valence-electron chi connectivity index (χ0n) is 15.4. The van der Waals surface area contributed by atoms with Crippen molar-refractivity contribution in [3.63, 3.8) is 0 Å². The normalized spacial score (nSPS) is 12.8. The van der Waals surface area contributed by atoms with Crippen LogP contribution < -0.4 is 10.6 Å². The van der Waals surface area contributed by atoms with E-state index in [9.17, 15) is 4.79 Å². The van der Waals surface area contributed by atoms with Gasteiger partial charge in [-0.05, 0) is 28.7 Å². The molecule has 4 rings (SSSR count). The Bertz CT molecular complexity index is 946. The third-order valence-corrected chi connectivity index (χ3v) is 5.83. The van der Waals surface area contributed by atoms with Crippen LogP contribution in [0.1, 0.15) is 34.9 Å². The summed E-state index contributed by atoms with van der Waals surface area (Å²) in [6, 6.07) is 14.9. The van der Waals surface area contributed by atoms with Crippen molar-refractivity contribution in [2.24, 2.45) is 0 Å². The Balaban J connectivity index is 1.33. The molecule has 1 aromatic heterocycles. The van der Waals surface area contributed by atoms with Crippen molar-refractivity contribution < 1.29 is 4.79 Å².